The molecule has 110 valence electrons. The van der Waals surface area contributed by atoms with Crippen molar-refractivity contribution in [1.82, 2.24) is 5.32 Å². The number of thioether (sulfide) groups is 1. The Balaban J connectivity index is 2.32. The van der Waals surface area contributed by atoms with E-state index in [0.29, 0.717) is 5.75 Å². The van der Waals surface area contributed by atoms with Gasteiger partial charge in [-0.15, -0.1) is 11.8 Å². The second-order valence-corrected chi connectivity index (χ2v) is 5.49. The van der Waals surface area contributed by atoms with Gasteiger partial charge in [-0.2, -0.15) is 0 Å². The normalized spacial score (nSPS) is 11.9. The molecule has 0 spiro atoms. The summed E-state index contributed by atoms with van der Waals surface area (Å²) in [6, 6.07) is 7.05. The van der Waals surface area contributed by atoms with E-state index in [-0.39, 0.29) is 18.9 Å². The number of benzene rings is 1. The Morgan fingerprint density at radius 3 is 2.55 bits per heavy atom. The molecule has 1 atom stereocenters. The number of rotatable bonds is 8. The second kappa shape index (κ2) is 8.60. The van der Waals surface area contributed by atoms with E-state index < -0.39 is 12.0 Å². The smallest absolute Gasteiger partial charge is 0.328 e. The van der Waals surface area contributed by atoms with Crippen LogP contribution in [0.15, 0.2) is 29.2 Å². The lowest BCUT2D eigenvalue weighted by Gasteiger charge is -2.13. The van der Waals surface area contributed by atoms with E-state index >= 15 is 0 Å². The van der Waals surface area contributed by atoms with Crippen LogP contribution in [-0.2, 0) is 14.3 Å². The van der Waals surface area contributed by atoms with Gasteiger partial charge < -0.3 is 15.2 Å². The Morgan fingerprint density at radius 1 is 1.35 bits per heavy atom. The fourth-order valence-electron chi connectivity index (χ4n) is 1.50. The molecule has 0 radical (unpaired) electrons. The SMILES string of the molecule is COCC(NC(=O)CCSc1ccc(C)cc1)C(=O)O. The number of carbonyl (C=O) groups excluding carboxylic acids is 1. The summed E-state index contributed by atoms with van der Waals surface area (Å²) < 4.78 is 4.75. The van der Waals surface area contributed by atoms with Crippen molar-refractivity contribution in [1.29, 1.82) is 0 Å². The predicted molar refractivity (Wildman–Crippen MR) is 78.0 cm³/mol. The number of hydrogen-bond acceptors (Lipinski definition) is 4. The number of aliphatic carboxylic acids is 1. The van der Waals surface area contributed by atoms with Crippen LogP contribution in [0.1, 0.15) is 12.0 Å². The Kier molecular flexibility index (Phi) is 7.11. The predicted octanol–water partition coefficient (Wildman–Crippen LogP) is 1.69. The van der Waals surface area contributed by atoms with E-state index in [9.17, 15) is 9.59 Å². The van der Waals surface area contributed by atoms with Crippen molar-refractivity contribution in [2.45, 2.75) is 24.3 Å². The third-order valence-corrected chi connectivity index (χ3v) is 3.60. The molecule has 0 aliphatic carbocycles. The first-order valence-corrected chi connectivity index (χ1v) is 7.22. The molecular weight excluding hydrogens is 278 g/mol. The van der Waals surface area contributed by atoms with Crippen LogP contribution in [0.2, 0.25) is 0 Å². The number of ether oxygens (including phenoxy) is 1. The summed E-state index contributed by atoms with van der Waals surface area (Å²) >= 11 is 1.57. The molecular formula is C14H19NO4S. The third-order valence-electron chi connectivity index (χ3n) is 2.59. The van der Waals surface area contributed by atoms with Gasteiger partial charge in [-0.1, -0.05) is 17.7 Å². The van der Waals surface area contributed by atoms with Gasteiger partial charge in [0.25, 0.3) is 0 Å². The van der Waals surface area contributed by atoms with E-state index in [0.717, 1.165) is 4.90 Å². The zero-order valence-electron chi connectivity index (χ0n) is 11.6. The quantitative estimate of drug-likeness (QED) is 0.714. The van der Waals surface area contributed by atoms with Crippen molar-refractivity contribution < 1.29 is 19.4 Å². The zero-order chi connectivity index (χ0) is 15.0. The van der Waals surface area contributed by atoms with E-state index in [4.69, 9.17) is 9.84 Å². The fraction of sp³-hybridized carbons (Fsp3) is 0.429. The minimum atomic E-state index is -1.09. The Hall–Kier alpha value is -1.53. The summed E-state index contributed by atoms with van der Waals surface area (Å²) in [5.74, 6) is -0.769. The topological polar surface area (TPSA) is 75.6 Å². The summed E-state index contributed by atoms with van der Waals surface area (Å²) in [6.07, 6.45) is 0.270. The Bertz CT molecular complexity index is 447. The van der Waals surface area contributed by atoms with Crippen LogP contribution in [-0.4, -0.2) is 42.5 Å². The molecule has 20 heavy (non-hydrogen) atoms. The summed E-state index contributed by atoms with van der Waals surface area (Å²) in [7, 11) is 1.40. The van der Waals surface area contributed by atoms with E-state index in [1.54, 1.807) is 11.8 Å². The van der Waals surface area contributed by atoms with Crippen molar-refractivity contribution in [2.75, 3.05) is 19.5 Å². The first-order valence-electron chi connectivity index (χ1n) is 6.23. The molecule has 1 amide bonds. The van der Waals surface area contributed by atoms with Gasteiger partial charge >= 0.3 is 5.97 Å². The molecule has 6 heteroatoms. The average molecular weight is 297 g/mol. The van der Waals surface area contributed by atoms with Crippen molar-refractivity contribution in [3.63, 3.8) is 0 Å². The minimum absolute atomic E-state index is 0.0355. The maximum Gasteiger partial charge on any atom is 0.328 e. The lowest BCUT2D eigenvalue weighted by Crippen LogP contribution is -2.43. The molecule has 1 aromatic carbocycles. The zero-order valence-corrected chi connectivity index (χ0v) is 12.4. The molecule has 0 aliphatic heterocycles. The second-order valence-electron chi connectivity index (χ2n) is 4.33. The molecule has 0 saturated carbocycles. The highest BCUT2D eigenvalue weighted by Gasteiger charge is 2.19. The number of methoxy groups -OCH3 is 1. The van der Waals surface area contributed by atoms with Gasteiger partial charge in [0, 0.05) is 24.2 Å². The summed E-state index contributed by atoms with van der Waals surface area (Å²) in [4.78, 5) is 23.6. The van der Waals surface area contributed by atoms with Crippen molar-refractivity contribution in [3.05, 3.63) is 29.8 Å². The van der Waals surface area contributed by atoms with Crippen LogP contribution in [0.4, 0.5) is 0 Å². The molecule has 0 aliphatic rings. The van der Waals surface area contributed by atoms with Gasteiger partial charge in [-0.25, -0.2) is 4.79 Å². The highest BCUT2D eigenvalue weighted by Crippen LogP contribution is 2.18. The maximum atomic E-state index is 11.6. The third kappa shape index (κ3) is 6.08. The van der Waals surface area contributed by atoms with Crippen LogP contribution in [0.5, 0.6) is 0 Å². The molecule has 0 fully saturated rings. The molecule has 0 saturated heterocycles. The maximum absolute atomic E-state index is 11.6. The fourth-order valence-corrected chi connectivity index (χ4v) is 2.36. The van der Waals surface area contributed by atoms with Crippen LogP contribution in [0, 0.1) is 6.92 Å². The minimum Gasteiger partial charge on any atom is -0.480 e. The van der Waals surface area contributed by atoms with Gasteiger partial charge in [0.05, 0.1) is 6.61 Å². The van der Waals surface area contributed by atoms with Crippen molar-refractivity contribution in [2.24, 2.45) is 0 Å². The molecule has 1 unspecified atom stereocenters. The number of carbonyl (C=O) groups is 2. The molecule has 0 bridgehead atoms. The highest BCUT2D eigenvalue weighted by molar-refractivity contribution is 7.99. The molecule has 0 heterocycles. The van der Waals surface area contributed by atoms with Crippen LogP contribution in [0.3, 0.4) is 0 Å². The molecule has 0 aromatic heterocycles. The lowest BCUT2D eigenvalue weighted by molar-refractivity contribution is -0.143. The first-order chi connectivity index (χ1) is 9.52. The summed E-state index contributed by atoms with van der Waals surface area (Å²) in [6.45, 7) is 1.98. The summed E-state index contributed by atoms with van der Waals surface area (Å²) in [5.41, 5.74) is 1.19. The Morgan fingerprint density at radius 2 is 2.00 bits per heavy atom. The standard InChI is InChI=1S/C14H19NO4S/c1-10-3-5-11(6-4-10)20-8-7-13(16)15-12(9-19-2)14(17)18/h3-6,12H,7-9H2,1-2H3,(H,15,16)(H,17,18). The van der Waals surface area contributed by atoms with Crippen LogP contribution >= 0.6 is 11.8 Å². The van der Waals surface area contributed by atoms with Crippen molar-refractivity contribution >= 4 is 23.6 Å². The molecule has 1 rings (SSSR count). The van der Waals surface area contributed by atoms with Crippen LogP contribution < -0.4 is 5.32 Å². The number of carboxylic acids is 1. The van der Waals surface area contributed by atoms with Gasteiger partial charge in [0.15, 0.2) is 6.04 Å². The van der Waals surface area contributed by atoms with E-state index in [1.165, 1.54) is 12.7 Å². The largest absolute Gasteiger partial charge is 0.480 e. The number of amides is 1. The molecule has 1 aromatic rings. The Labute approximate surface area is 122 Å². The lowest BCUT2D eigenvalue weighted by atomic mass is 10.2. The monoisotopic (exact) mass is 297 g/mol. The molecule has 5 nitrogen and oxygen atoms in total. The highest BCUT2D eigenvalue weighted by atomic mass is 32.2. The van der Waals surface area contributed by atoms with Gasteiger partial charge in [-0.3, -0.25) is 4.79 Å². The van der Waals surface area contributed by atoms with E-state index in [1.807, 2.05) is 31.2 Å². The van der Waals surface area contributed by atoms with Gasteiger partial charge in [0.2, 0.25) is 5.91 Å². The number of carboxylic acid groups (broad SMARTS) is 1. The number of nitrogens with one attached hydrogen (secondary N) is 1. The average Bonchev–Trinajstić information content (AvgIpc) is 2.40. The van der Waals surface area contributed by atoms with Gasteiger partial charge in [-0.05, 0) is 19.1 Å². The molecule has 2 N–H and O–H groups in total. The van der Waals surface area contributed by atoms with Crippen molar-refractivity contribution in [3.8, 4) is 0 Å². The first kappa shape index (κ1) is 16.5. The summed E-state index contributed by atoms with van der Waals surface area (Å²) in [5, 5.41) is 11.3. The number of hydrogen-bond donors (Lipinski definition) is 2. The van der Waals surface area contributed by atoms with Gasteiger partial charge in [0.1, 0.15) is 0 Å². The van der Waals surface area contributed by atoms with E-state index in [2.05, 4.69) is 5.32 Å². The number of aryl methyl sites for hydroxylation is 1. The van der Waals surface area contributed by atoms with Crippen LogP contribution in [0.25, 0.3) is 0 Å².